The van der Waals surface area contributed by atoms with Crippen molar-refractivity contribution in [2.75, 3.05) is 18.1 Å². The summed E-state index contributed by atoms with van der Waals surface area (Å²) in [6.07, 6.45) is 6.42. The second-order valence-electron chi connectivity index (χ2n) is 8.60. The predicted octanol–water partition coefficient (Wildman–Crippen LogP) is 5.25. The lowest BCUT2D eigenvalue weighted by Crippen LogP contribution is -2.26. The molecule has 0 aliphatic heterocycles. The summed E-state index contributed by atoms with van der Waals surface area (Å²) in [6, 6.07) is 0. The van der Waals surface area contributed by atoms with Crippen LogP contribution in [0.15, 0.2) is 5.16 Å². The summed E-state index contributed by atoms with van der Waals surface area (Å²) < 4.78 is 5.25. The summed E-state index contributed by atoms with van der Waals surface area (Å²) in [4.78, 5) is 23.4. The highest BCUT2D eigenvalue weighted by molar-refractivity contribution is 7.99. The first-order chi connectivity index (χ1) is 13.3. The Morgan fingerprint density at radius 3 is 2.82 bits per heavy atom. The van der Waals surface area contributed by atoms with Crippen LogP contribution in [-0.2, 0) is 22.4 Å². The number of rotatable bonds is 7. The van der Waals surface area contributed by atoms with Crippen molar-refractivity contribution in [3.8, 4) is 0 Å². The molecule has 0 spiro atoms. The molecule has 154 valence electrons. The van der Waals surface area contributed by atoms with E-state index in [1.165, 1.54) is 28.6 Å². The Bertz CT molecular complexity index is 842. The van der Waals surface area contributed by atoms with Gasteiger partial charge in [-0.1, -0.05) is 52.3 Å². The van der Waals surface area contributed by atoms with E-state index in [2.05, 4.69) is 32.7 Å². The number of thiophene rings is 1. The van der Waals surface area contributed by atoms with Crippen LogP contribution in [0.1, 0.15) is 63.8 Å². The van der Waals surface area contributed by atoms with Gasteiger partial charge in [0, 0.05) is 4.88 Å². The molecule has 2 aromatic rings. The number of aromatic nitrogens is 2. The number of aryl methyl sites for hydroxylation is 1. The molecule has 0 radical (unpaired) electrons. The summed E-state index contributed by atoms with van der Waals surface area (Å²) >= 11 is 3.04. The van der Waals surface area contributed by atoms with Gasteiger partial charge in [0.1, 0.15) is 10.6 Å². The van der Waals surface area contributed by atoms with E-state index in [1.807, 2.05) is 0 Å². The van der Waals surface area contributed by atoms with Gasteiger partial charge < -0.3 is 10.5 Å². The predicted molar refractivity (Wildman–Crippen MR) is 118 cm³/mol. The number of fused-ring (bicyclic) bond motifs is 3. The molecule has 3 rings (SSSR count). The molecule has 1 aliphatic rings. The maximum atomic E-state index is 11.9. The van der Waals surface area contributed by atoms with Gasteiger partial charge in [-0.25, -0.2) is 9.97 Å². The third kappa shape index (κ3) is 4.98. The number of hydrogen-bond acceptors (Lipinski definition) is 7. The molecule has 0 aromatic carbocycles. The van der Waals surface area contributed by atoms with Gasteiger partial charge in [0.25, 0.3) is 0 Å². The molecule has 0 unspecified atom stereocenters. The number of hydrogen-bond donors (Lipinski definition) is 1. The van der Waals surface area contributed by atoms with Crippen LogP contribution >= 0.6 is 23.1 Å². The molecule has 7 heteroatoms. The fourth-order valence-corrected chi connectivity index (χ4v) is 5.71. The van der Waals surface area contributed by atoms with Crippen molar-refractivity contribution in [1.29, 1.82) is 0 Å². The van der Waals surface area contributed by atoms with E-state index >= 15 is 0 Å². The van der Waals surface area contributed by atoms with Gasteiger partial charge in [-0.05, 0) is 42.6 Å². The maximum absolute atomic E-state index is 11.9. The summed E-state index contributed by atoms with van der Waals surface area (Å²) in [5.41, 5.74) is 7.94. The van der Waals surface area contributed by atoms with Crippen LogP contribution in [0.4, 0.5) is 5.82 Å². The van der Waals surface area contributed by atoms with Crippen LogP contribution in [0.3, 0.4) is 0 Å². The van der Waals surface area contributed by atoms with Gasteiger partial charge in [-0.3, -0.25) is 4.79 Å². The molecular weight excluding hydrogens is 390 g/mol. The van der Waals surface area contributed by atoms with E-state index in [4.69, 9.17) is 15.5 Å². The fraction of sp³-hybridized carbons (Fsp3) is 0.667. The lowest BCUT2D eigenvalue weighted by molar-refractivity contribution is -0.140. The Morgan fingerprint density at radius 2 is 2.11 bits per heavy atom. The minimum Gasteiger partial charge on any atom is -0.465 e. The van der Waals surface area contributed by atoms with Crippen molar-refractivity contribution < 1.29 is 9.53 Å². The van der Waals surface area contributed by atoms with Crippen LogP contribution in [0.5, 0.6) is 0 Å². The Balaban J connectivity index is 1.69. The van der Waals surface area contributed by atoms with E-state index in [0.717, 1.165) is 42.3 Å². The Morgan fingerprint density at radius 1 is 1.32 bits per heavy atom. The number of nitrogen functional groups attached to an aromatic ring is 1. The average molecular weight is 422 g/mol. The molecule has 2 heterocycles. The molecule has 0 bridgehead atoms. The fourth-order valence-electron chi connectivity index (χ4n) is 3.69. The summed E-state index contributed by atoms with van der Waals surface area (Å²) in [5, 5.41) is 1.58. The van der Waals surface area contributed by atoms with Crippen molar-refractivity contribution in [1.82, 2.24) is 9.97 Å². The number of ether oxygens (including phenoxy) is 1. The molecule has 0 fully saturated rings. The van der Waals surface area contributed by atoms with Crippen LogP contribution in [0.25, 0.3) is 10.2 Å². The number of esters is 1. The van der Waals surface area contributed by atoms with Crippen molar-refractivity contribution >= 4 is 45.1 Å². The van der Waals surface area contributed by atoms with Gasteiger partial charge in [-0.2, -0.15) is 0 Å². The van der Waals surface area contributed by atoms with Crippen molar-refractivity contribution in [2.45, 2.75) is 71.4 Å². The van der Waals surface area contributed by atoms with Crippen molar-refractivity contribution in [3.05, 3.63) is 10.4 Å². The van der Waals surface area contributed by atoms with Gasteiger partial charge in [0.2, 0.25) is 0 Å². The molecule has 1 aliphatic carbocycles. The molecule has 1 atom stereocenters. The van der Waals surface area contributed by atoms with Crippen LogP contribution in [0, 0.1) is 11.3 Å². The Kier molecular flexibility index (Phi) is 6.86. The first-order valence-corrected chi connectivity index (χ1v) is 12.0. The second kappa shape index (κ2) is 8.99. The highest BCUT2D eigenvalue weighted by atomic mass is 32.2. The molecule has 0 saturated heterocycles. The highest BCUT2D eigenvalue weighted by Crippen LogP contribution is 2.44. The molecule has 2 aromatic heterocycles. The zero-order valence-electron chi connectivity index (χ0n) is 17.3. The number of unbranched alkanes of at least 4 members (excludes halogenated alkanes) is 2. The third-order valence-electron chi connectivity index (χ3n) is 5.47. The number of anilines is 1. The second-order valence-corrected chi connectivity index (χ2v) is 10.6. The highest BCUT2D eigenvalue weighted by Gasteiger charge is 2.31. The number of thioether (sulfide) groups is 1. The third-order valence-corrected chi connectivity index (χ3v) is 7.44. The molecule has 0 saturated carbocycles. The van der Waals surface area contributed by atoms with Crippen LogP contribution in [0.2, 0.25) is 0 Å². The molecule has 0 amide bonds. The van der Waals surface area contributed by atoms with E-state index in [-0.39, 0.29) is 11.7 Å². The molecule has 2 N–H and O–H groups in total. The standard InChI is InChI=1S/C21H31N3O2S2/c1-5-6-7-10-26-16(25)12-27-20-23-18(22)17-14-9-8-13(21(2,3)4)11-15(14)28-19(17)24-20/h13H,5-12H2,1-4H3,(H2,22,23,24)/t13-/m1/s1. The van der Waals surface area contributed by atoms with Crippen molar-refractivity contribution in [3.63, 3.8) is 0 Å². The minimum absolute atomic E-state index is 0.217. The smallest absolute Gasteiger partial charge is 0.316 e. The molecule has 5 nitrogen and oxygen atoms in total. The first kappa shape index (κ1) is 21.4. The van der Waals surface area contributed by atoms with E-state index < -0.39 is 0 Å². The average Bonchev–Trinajstić information content (AvgIpc) is 3.01. The summed E-state index contributed by atoms with van der Waals surface area (Å²) in [7, 11) is 0. The SMILES string of the molecule is CCCCCOC(=O)CSc1nc(N)c2c3c(sc2n1)C[C@H](C(C)(C)C)CC3. The zero-order chi connectivity index (χ0) is 20.3. The lowest BCUT2D eigenvalue weighted by atomic mass is 9.72. The first-order valence-electron chi connectivity index (χ1n) is 10.2. The number of nitrogens with zero attached hydrogens (tertiary/aromatic N) is 2. The van der Waals surface area contributed by atoms with E-state index in [9.17, 15) is 4.79 Å². The van der Waals surface area contributed by atoms with E-state index in [0.29, 0.717) is 28.9 Å². The lowest BCUT2D eigenvalue weighted by Gasteiger charge is -2.33. The topological polar surface area (TPSA) is 78.1 Å². The minimum atomic E-state index is -0.220. The quantitative estimate of drug-likeness (QED) is 0.285. The van der Waals surface area contributed by atoms with Crippen LogP contribution < -0.4 is 5.73 Å². The number of carbonyl (C=O) groups is 1. The Labute approximate surface area is 175 Å². The van der Waals surface area contributed by atoms with Gasteiger partial charge >= 0.3 is 5.97 Å². The monoisotopic (exact) mass is 421 g/mol. The normalized spacial score (nSPS) is 16.9. The maximum Gasteiger partial charge on any atom is 0.316 e. The molecule has 28 heavy (non-hydrogen) atoms. The van der Waals surface area contributed by atoms with E-state index in [1.54, 1.807) is 11.3 Å². The molecular formula is C21H31N3O2S2. The zero-order valence-corrected chi connectivity index (χ0v) is 19.0. The summed E-state index contributed by atoms with van der Waals surface area (Å²) in [6.45, 7) is 9.57. The number of nitrogens with two attached hydrogens (primary N) is 1. The summed E-state index contributed by atoms with van der Waals surface area (Å²) in [5.74, 6) is 1.21. The Hall–Kier alpha value is -1.34. The van der Waals surface area contributed by atoms with Crippen molar-refractivity contribution in [2.24, 2.45) is 11.3 Å². The van der Waals surface area contributed by atoms with Crippen LogP contribution in [-0.4, -0.2) is 28.3 Å². The van der Waals surface area contributed by atoms with Gasteiger partial charge in [0.05, 0.1) is 17.7 Å². The van der Waals surface area contributed by atoms with Gasteiger partial charge in [0.15, 0.2) is 5.16 Å². The number of carbonyl (C=O) groups excluding carboxylic acids is 1. The van der Waals surface area contributed by atoms with Gasteiger partial charge in [-0.15, -0.1) is 11.3 Å². The largest absolute Gasteiger partial charge is 0.465 e.